The maximum atomic E-state index is 12.1. The minimum absolute atomic E-state index is 0.0685. The Hall–Kier alpha value is -2.56. The Balaban J connectivity index is 2.04. The molecule has 1 heterocycles. The minimum Gasteiger partial charge on any atom is -0.496 e. The molecule has 2 rings (SSSR count). The van der Waals surface area contributed by atoms with E-state index < -0.39 is 0 Å². The number of methoxy groups -OCH3 is 2. The Bertz CT molecular complexity index is 642. The fourth-order valence-electron chi connectivity index (χ4n) is 2.19. The Morgan fingerprint density at radius 1 is 1.14 bits per heavy atom. The number of nitrogens with zero attached hydrogens (tertiary/aromatic N) is 1. The summed E-state index contributed by atoms with van der Waals surface area (Å²) in [5, 5.41) is 2.89. The van der Waals surface area contributed by atoms with E-state index in [4.69, 9.17) is 9.47 Å². The zero-order valence-electron chi connectivity index (χ0n) is 13.1. The lowest BCUT2D eigenvalue weighted by atomic mass is 10.1. The second-order valence-corrected chi connectivity index (χ2v) is 4.94. The highest BCUT2D eigenvalue weighted by Crippen LogP contribution is 2.28. The molecule has 0 spiro atoms. The molecule has 116 valence electrons. The number of amides is 1. The molecular formula is C17H20N2O3. The van der Waals surface area contributed by atoms with E-state index in [9.17, 15) is 4.79 Å². The zero-order chi connectivity index (χ0) is 15.9. The SMILES string of the molecule is COc1cc(CC(=O)NCc2ccncc2)c(OC)cc1C. The van der Waals surface area contributed by atoms with E-state index in [-0.39, 0.29) is 12.3 Å². The van der Waals surface area contributed by atoms with Crippen molar-refractivity contribution >= 4 is 5.91 Å². The lowest BCUT2D eigenvalue weighted by molar-refractivity contribution is -0.120. The van der Waals surface area contributed by atoms with E-state index in [1.807, 2.05) is 31.2 Å². The fourth-order valence-corrected chi connectivity index (χ4v) is 2.19. The van der Waals surface area contributed by atoms with Crippen LogP contribution in [0, 0.1) is 6.92 Å². The third kappa shape index (κ3) is 3.97. The highest BCUT2D eigenvalue weighted by Gasteiger charge is 2.12. The average Bonchev–Trinajstić information content (AvgIpc) is 2.55. The van der Waals surface area contributed by atoms with Gasteiger partial charge in [-0.15, -0.1) is 0 Å². The summed E-state index contributed by atoms with van der Waals surface area (Å²) in [6.45, 7) is 2.42. The van der Waals surface area contributed by atoms with E-state index in [0.29, 0.717) is 12.3 Å². The molecule has 0 aliphatic rings. The number of benzene rings is 1. The van der Waals surface area contributed by atoms with Crippen LogP contribution in [0.3, 0.4) is 0 Å². The van der Waals surface area contributed by atoms with Crippen LogP contribution in [0.5, 0.6) is 11.5 Å². The van der Waals surface area contributed by atoms with Crippen molar-refractivity contribution in [3.63, 3.8) is 0 Å². The van der Waals surface area contributed by atoms with Crippen LogP contribution in [0.2, 0.25) is 0 Å². The van der Waals surface area contributed by atoms with Crippen molar-refractivity contribution in [3.8, 4) is 11.5 Å². The predicted octanol–water partition coefficient (Wildman–Crippen LogP) is 2.27. The number of hydrogen-bond donors (Lipinski definition) is 1. The Labute approximate surface area is 130 Å². The van der Waals surface area contributed by atoms with Crippen LogP contribution in [0.15, 0.2) is 36.7 Å². The van der Waals surface area contributed by atoms with Gasteiger partial charge in [-0.2, -0.15) is 0 Å². The molecule has 1 N–H and O–H groups in total. The molecule has 0 aliphatic carbocycles. The van der Waals surface area contributed by atoms with Crippen molar-refractivity contribution < 1.29 is 14.3 Å². The van der Waals surface area contributed by atoms with Gasteiger partial charge in [0, 0.05) is 24.5 Å². The largest absolute Gasteiger partial charge is 0.496 e. The Kier molecular flexibility index (Phi) is 5.36. The molecule has 0 unspecified atom stereocenters. The molecule has 0 atom stereocenters. The van der Waals surface area contributed by atoms with E-state index >= 15 is 0 Å². The number of ether oxygens (including phenoxy) is 2. The van der Waals surface area contributed by atoms with Gasteiger partial charge in [0.05, 0.1) is 20.6 Å². The highest BCUT2D eigenvalue weighted by molar-refractivity contribution is 5.79. The summed E-state index contributed by atoms with van der Waals surface area (Å²) in [6, 6.07) is 7.47. The summed E-state index contributed by atoms with van der Waals surface area (Å²) >= 11 is 0. The number of carbonyl (C=O) groups is 1. The lowest BCUT2D eigenvalue weighted by Crippen LogP contribution is -2.24. The van der Waals surface area contributed by atoms with Gasteiger partial charge in [0.15, 0.2) is 0 Å². The van der Waals surface area contributed by atoms with Gasteiger partial charge in [0.2, 0.25) is 5.91 Å². The summed E-state index contributed by atoms with van der Waals surface area (Å²) in [5.41, 5.74) is 2.79. The Morgan fingerprint density at radius 2 is 1.82 bits per heavy atom. The summed E-state index contributed by atoms with van der Waals surface area (Å²) in [5.74, 6) is 1.37. The van der Waals surface area contributed by atoms with Crippen LogP contribution in [0.1, 0.15) is 16.7 Å². The van der Waals surface area contributed by atoms with Crippen molar-refractivity contribution in [2.75, 3.05) is 14.2 Å². The molecule has 0 aliphatic heterocycles. The van der Waals surface area contributed by atoms with Crippen LogP contribution < -0.4 is 14.8 Å². The molecule has 5 nitrogen and oxygen atoms in total. The summed E-state index contributed by atoms with van der Waals surface area (Å²) < 4.78 is 10.6. The van der Waals surface area contributed by atoms with Crippen LogP contribution >= 0.6 is 0 Å². The second-order valence-electron chi connectivity index (χ2n) is 4.94. The maximum absolute atomic E-state index is 12.1. The molecule has 2 aromatic rings. The summed E-state index contributed by atoms with van der Waals surface area (Å²) in [7, 11) is 3.21. The molecule has 5 heteroatoms. The first kappa shape index (κ1) is 15.8. The third-order valence-corrected chi connectivity index (χ3v) is 3.39. The number of pyridine rings is 1. The van der Waals surface area contributed by atoms with Crippen LogP contribution in [-0.2, 0) is 17.8 Å². The van der Waals surface area contributed by atoms with Crippen molar-refractivity contribution in [2.45, 2.75) is 19.9 Å². The van der Waals surface area contributed by atoms with Crippen LogP contribution in [-0.4, -0.2) is 25.1 Å². The highest BCUT2D eigenvalue weighted by atomic mass is 16.5. The van der Waals surface area contributed by atoms with E-state index in [0.717, 1.165) is 22.4 Å². The van der Waals surface area contributed by atoms with Gasteiger partial charge in [-0.1, -0.05) is 0 Å². The molecule has 0 saturated heterocycles. The van der Waals surface area contributed by atoms with Gasteiger partial charge in [-0.05, 0) is 42.3 Å². The number of hydrogen-bond acceptors (Lipinski definition) is 4. The molecule has 0 bridgehead atoms. The molecule has 0 fully saturated rings. The second kappa shape index (κ2) is 7.45. The first-order valence-corrected chi connectivity index (χ1v) is 7.01. The first-order chi connectivity index (χ1) is 10.6. The third-order valence-electron chi connectivity index (χ3n) is 3.39. The molecule has 1 aromatic heterocycles. The monoisotopic (exact) mass is 300 g/mol. The van der Waals surface area contributed by atoms with E-state index in [1.54, 1.807) is 26.6 Å². The van der Waals surface area contributed by atoms with Crippen molar-refractivity contribution in [1.29, 1.82) is 0 Å². The van der Waals surface area contributed by atoms with Crippen molar-refractivity contribution in [2.24, 2.45) is 0 Å². The summed E-state index contributed by atoms with van der Waals surface area (Å²) in [6.07, 6.45) is 3.65. The Morgan fingerprint density at radius 3 is 2.45 bits per heavy atom. The zero-order valence-corrected chi connectivity index (χ0v) is 13.1. The standard InChI is InChI=1S/C17H20N2O3/c1-12-8-16(22-3)14(9-15(12)21-2)10-17(20)19-11-13-4-6-18-7-5-13/h4-9H,10-11H2,1-3H3,(H,19,20). The smallest absolute Gasteiger partial charge is 0.224 e. The number of carbonyl (C=O) groups excluding carboxylic acids is 1. The maximum Gasteiger partial charge on any atom is 0.224 e. The minimum atomic E-state index is -0.0685. The van der Waals surface area contributed by atoms with Gasteiger partial charge >= 0.3 is 0 Å². The lowest BCUT2D eigenvalue weighted by Gasteiger charge is -2.13. The first-order valence-electron chi connectivity index (χ1n) is 7.01. The van der Waals surface area contributed by atoms with Gasteiger partial charge in [0.1, 0.15) is 11.5 Å². The molecule has 1 amide bonds. The van der Waals surface area contributed by atoms with E-state index in [1.165, 1.54) is 0 Å². The normalized spacial score (nSPS) is 10.1. The molecule has 0 saturated carbocycles. The van der Waals surface area contributed by atoms with Gasteiger partial charge in [0.25, 0.3) is 0 Å². The average molecular weight is 300 g/mol. The fraction of sp³-hybridized carbons (Fsp3) is 0.294. The molecular weight excluding hydrogens is 280 g/mol. The number of nitrogens with one attached hydrogen (secondary N) is 1. The van der Waals surface area contributed by atoms with Crippen LogP contribution in [0.25, 0.3) is 0 Å². The van der Waals surface area contributed by atoms with Gasteiger partial charge in [-0.25, -0.2) is 0 Å². The number of aryl methyl sites for hydroxylation is 1. The topological polar surface area (TPSA) is 60.5 Å². The van der Waals surface area contributed by atoms with Crippen LogP contribution in [0.4, 0.5) is 0 Å². The number of aromatic nitrogens is 1. The van der Waals surface area contributed by atoms with Crippen molar-refractivity contribution in [1.82, 2.24) is 10.3 Å². The molecule has 22 heavy (non-hydrogen) atoms. The van der Waals surface area contributed by atoms with Crippen molar-refractivity contribution in [3.05, 3.63) is 53.3 Å². The summed E-state index contributed by atoms with van der Waals surface area (Å²) in [4.78, 5) is 16.1. The molecule has 1 aromatic carbocycles. The quantitative estimate of drug-likeness (QED) is 0.889. The van der Waals surface area contributed by atoms with Gasteiger partial charge < -0.3 is 14.8 Å². The predicted molar refractivity (Wildman–Crippen MR) is 84.1 cm³/mol. The molecule has 0 radical (unpaired) electrons. The number of rotatable bonds is 6. The van der Waals surface area contributed by atoms with Gasteiger partial charge in [-0.3, -0.25) is 9.78 Å². The van der Waals surface area contributed by atoms with E-state index in [2.05, 4.69) is 10.3 Å².